The number of nitrogens with zero attached hydrogens (tertiary/aromatic N) is 5. The topological polar surface area (TPSA) is 80.4 Å². The fourth-order valence-electron chi connectivity index (χ4n) is 3.59. The summed E-state index contributed by atoms with van der Waals surface area (Å²) in [4.78, 5) is 45.0. The summed E-state index contributed by atoms with van der Waals surface area (Å²) in [5.74, 6) is 0.183. The molecule has 9 heteroatoms. The first-order chi connectivity index (χ1) is 13.0. The molecule has 2 aromatic rings. The monoisotopic (exact) mass is 389 g/mol. The predicted molar refractivity (Wildman–Crippen MR) is 100.0 cm³/mol. The fraction of sp³-hybridized carbons (Fsp3) is 0.444. The summed E-state index contributed by atoms with van der Waals surface area (Å²) in [6.07, 6.45) is 4.16. The van der Waals surface area contributed by atoms with Crippen LogP contribution < -0.4 is 10.6 Å². The molecule has 0 spiro atoms. The van der Waals surface area contributed by atoms with E-state index in [2.05, 4.69) is 4.98 Å². The van der Waals surface area contributed by atoms with E-state index in [0.29, 0.717) is 29.6 Å². The number of benzene rings is 1. The Kier molecular flexibility index (Phi) is 4.73. The molecule has 1 fully saturated rings. The Morgan fingerprint density at radius 1 is 1.04 bits per heavy atom. The molecule has 0 bridgehead atoms. The van der Waals surface area contributed by atoms with Gasteiger partial charge in [-0.05, 0) is 37.1 Å². The minimum atomic E-state index is -0.572. The molecule has 2 amide bonds. The molecule has 0 N–H and O–H groups in total. The minimum Gasteiger partial charge on any atom is -0.341 e. The van der Waals surface area contributed by atoms with Crippen LogP contribution in [0.25, 0.3) is 0 Å². The number of hydrogen-bond acceptors (Lipinski definition) is 4. The van der Waals surface area contributed by atoms with Gasteiger partial charge in [-0.1, -0.05) is 24.4 Å². The Bertz CT molecular complexity index is 925. The van der Waals surface area contributed by atoms with E-state index in [4.69, 9.17) is 11.6 Å². The second-order valence-corrected chi connectivity index (χ2v) is 7.26. The molecule has 4 rings (SSSR count). The number of hydrogen-bond donors (Lipinski definition) is 0. The molecule has 27 heavy (non-hydrogen) atoms. The van der Waals surface area contributed by atoms with Crippen LogP contribution in [0.1, 0.15) is 31.5 Å². The lowest BCUT2D eigenvalue weighted by Gasteiger charge is -2.21. The Morgan fingerprint density at radius 3 is 2.37 bits per heavy atom. The summed E-state index contributed by atoms with van der Waals surface area (Å²) >= 11 is 5.90. The molecule has 3 heterocycles. The van der Waals surface area contributed by atoms with Crippen LogP contribution in [-0.2, 0) is 17.9 Å². The minimum absolute atomic E-state index is 0.153. The first kappa shape index (κ1) is 17.8. The van der Waals surface area contributed by atoms with Crippen LogP contribution in [0.4, 0.5) is 10.5 Å². The van der Waals surface area contributed by atoms with Crippen molar-refractivity contribution < 1.29 is 9.59 Å². The number of aromatic nitrogens is 3. The van der Waals surface area contributed by atoms with Crippen LogP contribution in [0.15, 0.2) is 29.1 Å². The molecular weight excluding hydrogens is 370 g/mol. The molecular formula is C18H20ClN5O3. The fourth-order valence-corrected chi connectivity index (χ4v) is 3.72. The highest BCUT2D eigenvalue weighted by molar-refractivity contribution is 6.30. The quantitative estimate of drug-likeness (QED) is 0.805. The number of carbonyl (C=O) groups excluding carboxylic acids is 2. The third-order valence-corrected chi connectivity index (χ3v) is 5.28. The van der Waals surface area contributed by atoms with Crippen molar-refractivity contribution in [1.29, 1.82) is 0 Å². The number of likely N-dealkylation sites (tertiary alicyclic amines) is 1. The van der Waals surface area contributed by atoms with E-state index in [-0.39, 0.29) is 19.0 Å². The summed E-state index contributed by atoms with van der Waals surface area (Å²) in [7, 11) is 0. The van der Waals surface area contributed by atoms with E-state index in [0.717, 1.165) is 30.4 Å². The summed E-state index contributed by atoms with van der Waals surface area (Å²) in [5.41, 5.74) is 0.0880. The van der Waals surface area contributed by atoms with Gasteiger partial charge in [0.1, 0.15) is 6.54 Å². The predicted octanol–water partition coefficient (Wildman–Crippen LogP) is 2.09. The van der Waals surface area contributed by atoms with E-state index in [9.17, 15) is 14.4 Å². The van der Waals surface area contributed by atoms with Crippen molar-refractivity contribution >= 4 is 29.2 Å². The van der Waals surface area contributed by atoms with E-state index in [1.165, 1.54) is 9.58 Å². The Balaban J connectivity index is 1.57. The third kappa shape index (κ3) is 3.37. The lowest BCUT2D eigenvalue weighted by Crippen LogP contribution is -2.40. The molecule has 0 radical (unpaired) electrons. The van der Waals surface area contributed by atoms with Crippen molar-refractivity contribution in [3.63, 3.8) is 0 Å². The molecule has 0 aliphatic carbocycles. The highest BCUT2D eigenvalue weighted by atomic mass is 35.5. The SMILES string of the molecule is O=C(Cn1c(=O)nc2n1C(=O)N(c1ccc(Cl)cc1)C2)N1CCCCCC1. The zero-order valence-electron chi connectivity index (χ0n) is 14.8. The van der Waals surface area contributed by atoms with Crippen molar-refractivity contribution in [2.24, 2.45) is 0 Å². The Morgan fingerprint density at radius 2 is 1.70 bits per heavy atom. The van der Waals surface area contributed by atoms with Crippen LogP contribution >= 0.6 is 11.6 Å². The maximum atomic E-state index is 12.9. The molecule has 1 aromatic heterocycles. The first-order valence-corrected chi connectivity index (χ1v) is 9.46. The second-order valence-electron chi connectivity index (χ2n) is 6.82. The number of fused-ring (bicyclic) bond motifs is 1. The van der Waals surface area contributed by atoms with Crippen LogP contribution in [0.2, 0.25) is 5.02 Å². The first-order valence-electron chi connectivity index (χ1n) is 9.08. The molecule has 8 nitrogen and oxygen atoms in total. The number of halogens is 1. The van der Waals surface area contributed by atoms with Gasteiger partial charge >= 0.3 is 11.7 Å². The van der Waals surface area contributed by atoms with Crippen molar-refractivity contribution in [2.75, 3.05) is 18.0 Å². The lowest BCUT2D eigenvalue weighted by atomic mass is 10.2. The zero-order chi connectivity index (χ0) is 19.0. The van der Waals surface area contributed by atoms with Crippen molar-refractivity contribution in [2.45, 2.75) is 38.8 Å². The highest BCUT2D eigenvalue weighted by Gasteiger charge is 2.34. The second kappa shape index (κ2) is 7.19. The number of rotatable bonds is 3. The summed E-state index contributed by atoms with van der Waals surface area (Å²) in [6, 6.07) is 6.46. The normalized spacial score (nSPS) is 17.1. The number of carbonyl (C=O) groups is 2. The molecule has 0 saturated carbocycles. The van der Waals surface area contributed by atoms with Crippen molar-refractivity contribution in [1.82, 2.24) is 19.2 Å². The van der Waals surface area contributed by atoms with Gasteiger partial charge in [-0.25, -0.2) is 14.3 Å². The largest absolute Gasteiger partial charge is 0.365 e. The number of anilines is 1. The van der Waals surface area contributed by atoms with Gasteiger partial charge in [0.25, 0.3) is 0 Å². The summed E-state index contributed by atoms with van der Waals surface area (Å²) in [5, 5.41) is 0.572. The maximum absolute atomic E-state index is 12.9. The van der Waals surface area contributed by atoms with E-state index >= 15 is 0 Å². The molecule has 1 aromatic carbocycles. The smallest absolute Gasteiger partial charge is 0.341 e. The van der Waals surface area contributed by atoms with Gasteiger partial charge < -0.3 is 4.90 Å². The Labute approximate surface area is 160 Å². The molecule has 142 valence electrons. The van der Waals surface area contributed by atoms with Crippen molar-refractivity contribution in [3.8, 4) is 0 Å². The number of amides is 2. The van der Waals surface area contributed by atoms with E-state index < -0.39 is 11.7 Å². The highest BCUT2D eigenvalue weighted by Crippen LogP contribution is 2.24. The van der Waals surface area contributed by atoms with Gasteiger partial charge in [-0.2, -0.15) is 9.67 Å². The molecule has 2 aliphatic rings. The average Bonchev–Trinajstić information content (AvgIpc) is 2.98. The van der Waals surface area contributed by atoms with E-state index in [1.54, 1.807) is 29.2 Å². The van der Waals surface area contributed by atoms with Gasteiger partial charge in [0.05, 0.1) is 6.54 Å². The zero-order valence-corrected chi connectivity index (χ0v) is 15.6. The molecule has 1 saturated heterocycles. The summed E-state index contributed by atoms with van der Waals surface area (Å²) < 4.78 is 2.35. The summed E-state index contributed by atoms with van der Waals surface area (Å²) in [6.45, 7) is 1.39. The molecule has 0 atom stereocenters. The Hall–Kier alpha value is -2.61. The lowest BCUT2D eigenvalue weighted by molar-refractivity contribution is -0.132. The van der Waals surface area contributed by atoms with Crippen LogP contribution in [0.3, 0.4) is 0 Å². The van der Waals surface area contributed by atoms with Crippen LogP contribution in [0.5, 0.6) is 0 Å². The van der Waals surface area contributed by atoms with Gasteiger partial charge in [0.15, 0.2) is 5.82 Å². The van der Waals surface area contributed by atoms with Gasteiger partial charge in [0, 0.05) is 23.8 Å². The van der Waals surface area contributed by atoms with Crippen molar-refractivity contribution in [3.05, 3.63) is 45.6 Å². The average molecular weight is 390 g/mol. The van der Waals surface area contributed by atoms with Gasteiger partial charge in [0.2, 0.25) is 5.91 Å². The van der Waals surface area contributed by atoms with E-state index in [1.807, 2.05) is 0 Å². The maximum Gasteiger partial charge on any atom is 0.365 e. The molecule has 2 aliphatic heterocycles. The van der Waals surface area contributed by atoms with Crippen LogP contribution in [-0.4, -0.2) is 44.3 Å². The van der Waals surface area contributed by atoms with Gasteiger partial charge in [-0.15, -0.1) is 0 Å². The standard InChI is InChI=1S/C18H20ClN5O3/c19-13-5-7-14(8-6-13)22-11-15-20-17(26)23(24(15)18(22)27)12-16(25)21-9-3-1-2-4-10-21/h5-8H,1-4,9-12H2. The molecule has 0 unspecified atom stereocenters. The van der Waals surface area contributed by atoms with Gasteiger partial charge in [-0.3, -0.25) is 9.69 Å². The third-order valence-electron chi connectivity index (χ3n) is 5.03. The van der Waals surface area contributed by atoms with Crippen LogP contribution in [0, 0.1) is 0 Å².